The van der Waals surface area contributed by atoms with Gasteiger partial charge in [0.15, 0.2) is 5.65 Å². The topological polar surface area (TPSA) is 78.2 Å². The molecule has 3 aromatic heterocycles. The van der Waals surface area contributed by atoms with E-state index in [4.69, 9.17) is 17.3 Å². The van der Waals surface area contributed by atoms with E-state index in [1.54, 1.807) is 49.5 Å². The molecule has 34 heavy (non-hydrogen) atoms. The Balaban J connectivity index is 1.69. The zero-order valence-corrected chi connectivity index (χ0v) is 18.5. The highest BCUT2D eigenvalue weighted by molar-refractivity contribution is 6.30. The van der Waals surface area contributed by atoms with Crippen molar-refractivity contribution in [2.75, 3.05) is 0 Å². The zero-order valence-electron chi connectivity index (χ0n) is 17.7. The fourth-order valence-electron chi connectivity index (χ4n) is 4.02. The van der Waals surface area contributed by atoms with Crippen molar-refractivity contribution in [2.24, 2.45) is 5.73 Å². The molecule has 1 atom stereocenters. The average molecular weight is 484 g/mol. The van der Waals surface area contributed by atoms with E-state index in [0.29, 0.717) is 33.4 Å². The van der Waals surface area contributed by atoms with Gasteiger partial charge in [-0.25, -0.2) is 9.50 Å². The Morgan fingerprint density at radius 1 is 1.06 bits per heavy atom. The molecule has 0 amide bonds. The average Bonchev–Trinajstić information content (AvgIpc) is 3.27. The summed E-state index contributed by atoms with van der Waals surface area (Å²) >= 11 is 6.27. The number of hydrogen-bond acceptors (Lipinski definition) is 4. The molecule has 0 radical (unpaired) electrons. The van der Waals surface area contributed by atoms with Crippen LogP contribution in [0.15, 0.2) is 71.7 Å². The number of fused-ring (bicyclic) bond motifs is 2. The van der Waals surface area contributed by atoms with Gasteiger partial charge in [0.2, 0.25) is 0 Å². The Labute approximate surface area is 196 Å². The van der Waals surface area contributed by atoms with Gasteiger partial charge < -0.3 is 5.73 Å². The molecule has 0 aliphatic carbocycles. The number of halogens is 4. The monoisotopic (exact) mass is 483 g/mol. The fraction of sp³-hybridized carbons (Fsp3) is 0.125. The molecule has 172 valence electrons. The lowest BCUT2D eigenvalue weighted by atomic mass is 10.0. The Bertz CT molecular complexity index is 1600. The van der Waals surface area contributed by atoms with E-state index in [2.05, 4.69) is 10.1 Å². The Morgan fingerprint density at radius 2 is 1.79 bits per heavy atom. The van der Waals surface area contributed by atoms with Gasteiger partial charge in [0.1, 0.15) is 5.15 Å². The van der Waals surface area contributed by atoms with Gasteiger partial charge in [-0.3, -0.25) is 9.36 Å². The first-order chi connectivity index (χ1) is 16.1. The Kier molecular flexibility index (Phi) is 5.18. The minimum Gasteiger partial charge on any atom is -0.323 e. The first-order valence-electron chi connectivity index (χ1n) is 10.3. The third kappa shape index (κ3) is 3.63. The number of pyridine rings is 1. The quantitative estimate of drug-likeness (QED) is 0.349. The number of nitrogens with two attached hydrogens (primary N) is 1. The van der Waals surface area contributed by atoms with Crippen molar-refractivity contribution in [3.8, 4) is 16.9 Å². The van der Waals surface area contributed by atoms with Crippen molar-refractivity contribution >= 4 is 28.0 Å². The maximum absolute atomic E-state index is 13.7. The van der Waals surface area contributed by atoms with Crippen molar-refractivity contribution < 1.29 is 13.2 Å². The maximum Gasteiger partial charge on any atom is 0.417 e. The smallest absolute Gasteiger partial charge is 0.323 e. The molecule has 0 fully saturated rings. The van der Waals surface area contributed by atoms with Crippen LogP contribution in [0.4, 0.5) is 13.2 Å². The summed E-state index contributed by atoms with van der Waals surface area (Å²) in [6.07, 6.45) is -3.09. The van der Waals surface area contributed by atoms with Crippen molar-refractivity contribution in [1.29, 1.82) is 0 Å². The van der Waals surface area contributed by atoms with Crippen LogP contribution in [0, 0.1) is 0 Å². The second-order valence-corrected chi connectivity index (χ2v) is 8.27. The molecule has 10 heteroatoms. The lowest BCUT2D eigenvalue weighted by Gasteiger charge is -2.19. The Morgan fingerprint density at radius 3 is 2.47 bits per heavy atom. The number of alkyl halides is 3. The fourth-order valence-corrected chi connectivity index (χ4v) is 4.26. The van der Waals surface area contributed by atoms with E-state index < -0.39 is 28.7 Å². The van der Waals surface area contributed by atoms with Crippen molar-refractivity contribution in [1.82, 2.24) is 19.2 Å². The SMILES string of the molecule is C[C@H](N)c1cc2cccc(C(F)(F)F)c2c(=O)n1-c1ccc(-c2cc(Cl)n3nccc3n2)cc1. The summed E-state index contributed by atoms with van der Waals surface area (Å²) in [5, 5.41) is 4.25. The molecule has 0 bridgehead atoms. The molecule has 0 saturated heterocycles. The molecular formula is C24H17ClF3N5O. The number of benzene rings is 2. The molecule has 3 heterocycles. The highest BCUT2D eigenvalue weighted by Crippen LogP contribution is 2.34. The van der Waals surface area contributed by atoms with Crippen LogP contribution in [0.5, 0.6) is 0 Å². The van der Waals surface area contributed by atoms with Crippen molar-refractivity contribution in [2.45, 2.75) is 19.1 Å². The molecule has 0 spiro atoms. The molecule has 0 saturated carbocycles. The highest BCUT2D eigenvalue weighted by atomic mass is 35.5. The summed E-state index contributed by atoms with van der Waals surface area (Å²) in [6.45, 7) is 1.67. The largest absolute Gasteiger partial charge is 0.417 e. The lowest BCUT2D eigenvalue weighted by molar-refractivity contribution is -0.136. The summed E-state index contributed by atoms with van der Waals surface area (Å²) < 4.78 is 43.7. The van der Waals surface area contributed by atoms with E-state index >= 15 is 0 Å². The zero-order chi connectivity index (χ0) is 24.2. The lowest BCUT2D eigenvalue weighted by Crippen LogP contribution is -2.27. The molecule has 0 aliphatic rings. The van der Waals surface area contributed by atoms with Gasteiger partial charge in [-0.15, -0.1) is 0 Å². The number of rotatable bonds is 3. The van der Waals surface area contributed by atoms with Crippen LogP contribution in [0.25, 0.3) is 33.4 Å². The molecule has 5 aromatic rings. The Hall–Kier alpha value is -3.69. The molecule has 2 N–H and O–H groups in total. The molecule has 0 unspecified atom stereocenters. The normalized spacial score (nSPS) is 13.0. The summed E-state index contributed by atoms with van der Waals surface area (Å²) in [7, 11) is 0. The summed E-state index contributed by atoms with van der Waals surface area (Å²) in [5.74, 6) is 0. The van der Waals surface area contributed by atoms with E-state index in [0.717, 1.165) is 6.07 Å². The van der Waals surface area contributed by atoms with Gasteiger partial charge in [0, 0.05) is 35.1 Å². The maximum atomic E-state index is 13.7. The van der Waals surface area contributed by atoms with Crippen LogP contribution in [-0.2, 0) is 6.18 Å². The third-order valence-corrected chi connectivity index (χ3v) is 5.85. The summed E-state index contributed by atoms with van der Waals surface area (Å²) in [5.41, 5.74) is 6.98. The van der Waals surface area contributed by atoms with Gasteiger partial charge >= 0.3 is 6.18 Å². The first-order valence-corrected chi connectivity index (χ1v) is 10.7. The minimum atomic E-state index is -4.67. The van der Waals surface area contributed by atoms with Crippen LogP contribution in [0.2, 0.25) is 5.15 Å². The molecule has 5 rings (SSSR count). The van der Waals surface area contributed by atoms with Crippen molar-refractivity contribution in [3.05, 3.63) is 93.6 Å². The van der Waals surface area contributed by atoms with Gasteiger partial charge in [0.05, 0.1) is 22.8 Å². The van der Waals surface area contributed by atoms with Crippen LogP contribution in [0.3, 0.4) is 0 Å². The van der Waals surface area contributed by atoms with Crippen LogP contribution < -0.4 is 11.3 Å². The van der Waals surface area contributed by atoms with Gasteiger partial charge in [-0.1, -0.05) is 35.9 Å². The van der Waals surface area contributed by atoms with E-state index in [-0.39, 0.29) is 5.39 Å². The molecule has 2 aromatic carbocycles. The predicted molar refractivity (Wildman–Crippen MR) is 124 cm³/mol. The van der Waals surface area contributed by atoms with E-state index in [1.165, 1.54) is 27.3 Å². The van der Waals surface area contributed by atoms with Crippen LogP contribution in [0.1, 0.15) is 24.2 Å². The standard InChI is InChI=1S/C24H17ClF3N5O/c1-13(29)19-11-15-3-2-4-17(24(26,27)28)22(15)23(34)32(19)16-7-5-14(6-8-16)18-12-20(25)33-21(31-18)9-10-30-33/h2-13H,29H2,1H3/t13-/m0/s1. The van der Waals surface area contributed by atoms with Gasteiger partial charge in [-0.05, 0) is 36.6 Å². The van der Waals surface area contributed by atoms with Crippen molar-refractivity contribution in [3.63, 3.8) is 0 Å². The highest BCUT2D eigenvalue weighted by Gasteiger charge is 2.34. The third-order valence-electron chi connectivity index (χ3n) is 5.58. The minimum absolute atomic E-state index is 0.188. The molecular weight excluding hydrogens is 467 g/mol. The van der Waals surface area contributed by atoms with E-state index in [9.17, 15) is 18.0 Å². The second-order valence-electron chi connectivity index (χ2n) is 7.88. The van der Waals surface area contributed by atoms with Crippen LogP contribution in [-0.4, -0.2) is 19.2 Å². The summed E-state index contributed by atoms with van der Waals surface area (Å²) in [6, 6.07) is 14.7. The van der Waals surface area contributed by atoms with Gasteiger partial charge in [0.25, 0.3) is 5.56 Å². The number of aromatic nitrogens is 4. The number of hydrogen-bond donors (Lipinski definition) is 1. The number of nitrogens with zero attached hydrogens (tertiary/aromatic N) is 4. The summed E-state index contributed by atoms with van der Waals surface area (Å²) in [4.78, 5) is 17.9. The molecule has 6 nitrogen and oxygen atoms in total. The van der Waals surface area contributed by atoms with Gasteiger partial charge in [-0.2, -0.15) is 18.3 Å². The van der Waals surface area contributed by atoms with E-state index in [1.807, 2.05) is 0 Å². The predicted octanol–water partition coefficient (Wildman–Crippen LogP) is 5.39. The first kappa shape index (κ1) is 22.1. The van der Waals surface area contributed by atoms with Crippen LogP contribution >= 0.6 is 11.6 Å². The molecule has 0 aliphatic heterocycles. The second kappa shape index (κ2) is 7.96.